The highest BCUT2D eigenvalue weighted by Crippen LogP contribution is 2.17. The number of Topliss-reactive ketones (excluding diaryl/α,β-unsaturated/α-hetero) is 1. The molecule has 2 unspecified atom stereocenters. The monoisotopic (exact) mass is 471 g/mol. The summed E-state index contributed by atoms with van der Waals surface area (Å²) in [6.07, 6.45) is 7.09. The molecule has 0 saturated carbocycles. The molecule has 0 fully saturated rings. The fourth-order valence-corrected chi connectivity index (χ4v) is 3.17. The van der Waals surface area contributed by atoms with E-state index in [9.17, 15) is 29.3 Å². The molecule has 1 aromatic carbocycles. The van der Waals surface area contributed by atoms with Crippen LogP contribution >= 0.6 is 0 Å². The number of nitro benzene ring substituents is 1. The average Bonchev–Trinajstić information content (AvgIpc) is 2.83. The van der Waals surface area contributed by atoms with Crippen LogP contribution in [0, 0.1) is 16.0 Å². The quantitative estimate of drug-likeness (QED) is 0.217. The fourth-order valence-electron chi connectivity index (χ4n) is 3.17. The summed E-state index contributed by atoms with van der Waals surface area (Å²) in [5.74, 6) is -2.02. The van der Waals surface area contributed by atoms with Crippen LogP contribution in [-0.2, 0) is 20.9 Å². The predicted molar refractivity (Wildman–Crippen MR) is 125 cm³/mol. The van der Waals surface area contributed by atoms with Crippen LogP contribution in [0.5, 0.6) is 0 Å². The molecule has 0 aliphatic heterocycles. The van der Waals surface area contributed by atoms with Crippen molar-refractivity contribution in [1.82, 2.24) is 21.3 Å². The molecule has 0 bridgehead atoms. The van der Waals surface area contributed by atoms with Crippen molar-refractivity contribution < 1.29 is 24.1 Å². The molecule has 0 spiro atoms. The lowest BCUT2D eigenvalue weighted by atomic mass is 9.99. The van der Waals surface area contributed by atoms with Gasteiger partial charge in [-0.3, -0.25) is 24.5 Å². The average molecular weight is 472 g/mol. The zero-order valence-electron chi connectivity index (χ0n) is 19.1. The van der Waals surface area contributed by atoms with Gasteiger partial charge in [0.1, 0.15) is 0 Å². The van der Waals surface area contributed by atoms with Crippen molar-refractivity contribution in [3.8, 4) is 0 Å². The number of hydrogen-bond donors (Lipinski definition) is 4. The predicted octanol–water partition coefficient (Wildman–Crippen LogP) is 1.50. The topological polar surface area (TPSA) is 160 Å². The summed E-state index contributed by atoms with van der Waals surface area (Å²) in [6.45, 7) is 3.45. The van der Waals surface area contributed by atoms with Crippen LogP contribution in [0.25, 0.3) is 0 Å². The third-order valence-electron chi connectivity index (χ3n) is 5.16. The largest absolute Gasteiger partial charge is 0.345 e. The molecule has 4 N–H and O–H groups in total. The molecule has 0 saturated heterocycles. The highest BCUT2D eigenvalue weighted by molar-refractivity contribution is 6.38. The Morgan fingerprint density at radius 1 is 1.12 bits per heavy atom. The first-order valence-electron chi connectivity index (χ1n) is 10.9. The first-order chi connectivity index (χ1) is 16.2. The molecule has 0 aromatic heterocycles. The second-order valence-electron chi connectivity index (χ2n) is 7.85. The highest BCUT2D eigenvalue weighted by atomic mass is 16.6. The summed E-state index contributed by atoms with van der Waals surface area (Å²) in [7, 11) is 0. The van der Waals surface area contributed by atoms with E-state index in [1.807, 2.05) is 12.2 Å². The van der Waals surface area contributed by atoms with Gasteiger partial charge < -0.3 is 21.3 Å². The number of amides is 4. The summed E-state index contributed by atoms with van der Waals surface area (Å²) in [5, 5.41) is 20.9. The summed E-state index contributed by atoms with van der Waals surface area (Å²) in [4.78, 5) is 59.2. The van der Waals surface area contributed by atoms with E-state index in [1.165, 1.54) is 18.2 Å². The molecule has 2 rings (SSSR count). The Morgan fingerprint density at radius 2 is 1.85 bits per heavy atom. The van der Waals surface area contributed by atoms with Gasteiger partial charge in [0.15, 0.2) is 0 Å². The maximum absolute atomic E-state index is 12.4. The summed E-state index contributed by atoms with van der Waals surface area (Å²) in [6, 6.07) is 4.21. The summed E-state index contributed by atoms with van der Waals surface area (Å²) < 4.78 is 0. The Labute approximate surface area is 197 Å². The lowest BCUT2D eigenvalue weighted by Gasteiger charge is -2.16. The number of hydrogen-bond acceptors (Lipinski definition) is 6. The number of carbonyl (C=O) groups is 4. The molecule has 1 aromatic rings. The van der Waals surface area contributed by atoms with Gasteiger partial charge in [0.05, 0.1) is 17.5 Å². The van der Waals surface area contributed by atoms with Crippen LogP contribution in [0.4, 0.5) is 10.5 Å². The Bertz CT molecular complexity index is 1000. The molecule has 4 amide bonds. The second-order valence-corrected chi connectivity index (χ2v) is 7.85. The number of allylic oxidation sites excluding steroid dienone is 2. The van der Waals surface area contributed by atoms with Gasteiger partial charge in [-0.1, -0.05) is 50.3 Å². The third kappa shape index (κ3) is 8.15. The summed E-state index contributed by atoms with van der Waals surface area (Å²) in [5.41, 5.74) is 1.04. The Hall–Kier alpha value is -4.02. The van der Waals surface area contributed by atoms with Crippen molar-refractivity contribution in [2.24, 2.45) is 5.92 Å². The Balaban J connectivity index is 1.77. The van der Waals surface area contributed by atoms with E-state index in [4.69, 9.17) is 0 Å². The Morgan fingerprint density at radius 3 is 2.50 bits per heavy atom. The molecule has 11 heteroatoms. The van der Waals surface area contributed by atoms with E-state index < -0.39 is 34.6 Å². The van der Waals surface area contributed by atoms with Gasteiger partial charge in [0.2, 0.25) is 11.7 Å². The molecular weight excluding hydrogens is 442 g/mol. The van der Waals surface area contributed by atoms with Crippen LogP contribution in [0.2, 0.25) is 0 Å². The minimum Gasteiger partial charge on any atom is -0.345 e. The molecule has 34 heavy (non-hydrogen) atoms. The fraction of sp³-hybridized carbons (Fsp3) is 0.391. The van der Waals surface area contributed by atoms with E-state index in [1.54, 1.807) is 13.0 Å². The van der Waals surface area contributed by atoms with Gasteiger partial charge in [-0.05, 0) is 24.3 Å². The first-order valence-corrected chi connectivity index (χ1v) is 10.9. The molecule has 182 valence electrons. The second kappa shape index (κ2) is 12.9. The normalized spacial score (nSPS) is 15.5. The van der Waals surface area contributed by atoms with E-state index in [2.05, 4.69) is 34.3 Å². The zero-order valence-corrected chi connectivity index (χ0v) is 19.1. The van der Waals surface area contributed by atoms with Crippen molar-refractivity contribution in [2.45, 2.75) is 39.3 Å². The van der Waals surface area contributed by atoms with E-state index in [0.29, 0.717) is 12.5 Å². The van der Waals surface area contributed by atoms with E-state index >= 15 is 0 Å². The number of urea groups is 1. The van der Waals surface area contributed by atoms with Crippen LogP contribution in [0.1, 0.15) is 32.3 Å². The minimum absolute atomic E-state index is 0.147. The molecule has 0 heterocycles. The molecular formula is C23H29N5O6. The van der Waals surface area contributed by atoms with Crippen LogP contribution < -0.4 is 21.3 Å². The Kier molecular flexibility index (Phi) is 9.93. The SMILES string of the molecule is CCC(NC(=O)CNC(=O)NCC1=CCC(C)C=C1)C(=O)C(=O)NCc1ccccc1[N+](=O)[O-]. The first kappa shape index (κ1) is 26.2. The molecule has 0 radical (unpaired) electrons. The van der Waals surface area contributed by atoms with Crippen molar-refractivity contribution in [3.05, 3.63) is 63.7 Å². The van der Waals surface area contributed by atoms with E-state index in [-0.39, 0.29) is 30.8 Å². The molecule has 1 aliphatic rings. The number of nitrogens with zero attached hydrogens (tertiary/aromatic N) is 1. The number of rotatable bonds is 11. The minimum atomic E-state index is -1.09. The van der Waals surface area contributed by atoms with Crippen molar-refractivity contribution in [2.75, 3.05) is 13.1 Å². The molecule has 11 nitrogen and oxygen atoms in total. The van der Waals surface area contributed by atoms with Gasteiger partial charge in [0, 0.05) is 24.7 Å². The van der Waals surface area contributed by atoms with E-state index in [0.717, 1.165) is 12.0 Å². The lowest BCUT2D eigenvalue weighted by molar-refractivity contribution is -0.385. The van der Waals surface area contributed by atoms with Crippen LogP contribution in [0.15, 0.2) is 48.1 Å². The number of ketones is 1. The number of nitrogens with one attached hydrogen (secondary N) is 4. The van der Waals surface area contributed by atoms with Crippen LogP contribution in [-0.4, -0.2) is 47.7 Å². The number of benzene rings is 1. The van der Waals surface area contributed by atoms with Gasteiger partial charge in [-0.2, -0.15) is 0 Å². The lowest BCUT2D eigenvalue weighted by Crippen LogP contribution is -2.50. The van der Waals surface area contributed by atoms with Crippen molar-refractivity contribution in [1.29, 1.82) is 0 Å². The maximum atomic E-state index is 12.4. The van der Waals surface area contributed by atoms with Gasteiger partial charge in [0.25, 0.3) is 11.6 Å². The van der Waals surface area contributed by atoms with Gasteiger partial charge >= 0.3 is 6.03 Å². The number of para-hydroxylation sites is 1. The van der Waals surface area contributed by atoms with Gasteiger partial charge in [-0.25, -0.2) is 4.79 Å². The zero-order chi connectivity index (χ0) is 25.1. The third-order valence-corrected chi connectivity index (χ3v) is 5.16. The van der Waals surface area contributed by atoms with Gasteiger partial charge in [-0.15, -0.1) is 0 Å². The highest BCUT2D eigenvalue weighted by Gasteiger charge is 2.26. The van der Waals surface area contributed by atoms with Crippen molar-refractivity contribution >= 4 is 29.3 Å². The molecule has 2 atom stereocenters. The molecule has 1 aliphatic carbocycles. The standard InChI is InChI=1S/C23H29N5O6/c1-3-18(21(30)22(31)24-13-17-6-4-5-7-19(17)28(33)34)27-20(29)14-26-23(32)25-12-16-10-8-15(2)9-11-16/h4-8,10-11,15,18H,3,9,12-14H2,1-2H3,(H,24,31)(H,27,29)(H2,25,26,32). The number of nitro groups is 1. The number of carbonyl (C=O) groups excluding carboxylic acids is 4. The van der Waals surface area contributed by atoms with Crippen LogP contribution in [0.3, 0.4) is 0 Å². The maximum Gasteiger partial charge on any atom is 0.315 e. The van der Waals surface area contributed by atoms with Crippen molar-refractivity contribution in [3.63, 3.8) is 0 Å². The summed E-state index contributed by atoms with van der Waals surface area (Å²) >= 11 is 0. The smallest absolute Gasteiger partial charge is 0.315 e.